The highest BCUT2D eigenvalue weighted by atomic mass is 35.5. The van der Waals surface area contributed by atoms with Gasteiger partial charge in [0.15, 0.2) is 4.77 Å². The number of benzene rings is 4. The van der Waals surface area contributed by atoms with Crippen molar-refractivity contribution < 1.29 is 9.84 Å². The molecule has 0 unspecified atom stereocenters. The molecule has 2 N–H and O–H groups in total. The first kappa shape index (κ1) is 25.4. The van der Waals surface area contributed by atoms with Crippen LogP contribution < -0.4 is 10.3 Å². The number of aromatic nitrogens is 2. The highest BCUT2D eigenvalue weighted by Gasteiger charge is 2.19. The molecule has 0 aliphatic carbocycles. The summed E-state index contributed by atoms with van der Waals surface area (Å²) in [5.74, 6) is 0.305. The number of H-pyrrole nitrogens is 1. The fourth-order valence-electron chi connectivity index (χ4n) is 4.15. The molecule has 0 spiro atoms. The SMILES string of the molecule is O=c1[nH]c(=S)n(-c2ccc(Cl)cc2)c(O)c1Cc1c(OCc2ccc(Cl)cc2Cl)ccc2ccccc12. The van der Waals surface area contributed by atoms with Crippen molar-refractivity contribution in [3.05, 3.63) is 126 Å². The lowest BCUT2D eigenvalue weighted by atomic mass is 9.98. The summed E-state index contributed by atoms with van der Waals surface area (Å²) in [5, 5.41) is 14.7. The molecule has 9 heteroatoms. The van der Waals surface area contributed by atoms with E-state index in [1.807, 2.05) is 36.4 Å². The van der Waals surface area contributed by atoms with Crippen molar-refractivity contribution in [3.63, 3.8) is 0 Å². The predicted octanol–water partition coefficient (Wildman–Crippen LogP) is 7.88. The molecule has 1 heterocycles. The predicted molar refractivity (Wildman–Crippen MR) is 151 cm³/mol. The van der Waals surface area contributed by atoms with E-state index in [-0.39, 0.29) is 29.2 Å². The Labute approximate surface area is 232 Å². The molecule has 0 bridgehead atoms. The van der Waals surface area contributed by atoms with E-state index in [2.05, 4.69) is 4.98 Å². The van der Waals surface area contributed by atoms with E-state index >= 15 is 0 Å². The van der Waals surface area contributed by atoms with Gasteiger partial charge in [-0.05, 0) is 65.5 Å². The molecule has 4 aromatic carbocycles. The standard InChI is InChI=1S/C28H19Cl3N2O3S/c29-18-8-10-20(11-9-18)33-27(35)23(26(34)32-28(33)37)14-22-21-4-2-1-3-16(21)6-12-25(22)36-15-17-5-7-19(30)13-24(17)31/h1-13,35H,14-15H2,(H,32,34,37). The minimum absolute atomic E-state index is 0.0698. The van der Waals surface area contributed by atoms with Gasteiger partial charge in [-0.2, -0.15) is 0 Å². The second-order valence-corrected chi connectivity index (χ2v) is 10.0. The third-order valence-electron chi connectivity index (χ3n) is 6.01. The highest BCUT2D eigenvalue weighted by molar-refractivity contribution is 7.71. The smallest absolute Gasteiger partial charge is 0.259 e. The Bertz CT molecular complexity index is 1750. The Morgan fingerprint density at radius 2 is 1.62 bits per heavy atom. The largest absolute Gasteiger partial charge is 0.494 e. The Morgan fingerprint density at radius 3 is 2.38 bits per heavy atom. The van der Waals surface area contributed by atoms with Gasteiger partial charge >= 0.3 is 0 Å². The summed E-state index contributed by atoms with van der Waals surface area (Å²) < 4.78 is 7.67. The zero-order valence-corrected chi connectivity index (χ0v) is 22.3. The van der Waals surface area contributed by atoms with Crippen molar-refractivity contribution >= 4 is 57.8 Å². The van der Waals surface area contributed by atoms with Crippen LogP contribution in [0.4, 0.5) is 0 Å². The summed E-state index contributed by atoms with van der Waals surface area (Å²) in [7, 11) is 0. The number of hydrogen-bond donors (Lipinski definition) is 2. The average Bonchev–Trinajstić information content (AvgIpc) is 2.87. The normalized spacial score (nSPS) is 11.1. The molecule has 0 aliphatic heterocycles. The summed E-state index contributed by atoms with van der Waals surface area (Å²) in [6.07, 6.45) is 0.0927. The van der Waals surface area contributed by atoms with Crippen LogP contribution in [-0.2, 0) is 13.0 Å². The number of ether oxygens (including phenoxy) is 1. The summed E-state index contributed by atoms with van der Waals surface area (Å²) in [6, 6.07) is 23.6. The van der Waals surface area contributed by atoms with Crippen LogP contribution in [0.2, 0.25) is 15.1 Å². The van der Waals surface area contributed by atoms with Crippen molar-refractivity contribution in [1.82, 2.24) is 9.55 Å². The molecular formula is C28H19Cl3N2O3S. The molecule has 0 aliphatic rings. The first-order chi connectivity index (χ1) is 17.8. The minimum Gasteiger partial charge on any atom is -0.494 e. The van der Waals surface area contributed by atoms with Gasteiger partial charge in [-0.3, -0.25) is 14.3 Å². The molecular weight excluding hydrogens is 551 g/mol. The lowest BCUT2D eigenvalue weighted by molar-refractivity contribution is 0.304. The number of nitrogens with one attached hydrogen (secondary N) is 1. The Balaban J connectivity index is 1.60. The summed E-state index contributed by atoms with van der Waals surface area (Å²) in [5.41, 5.74) is 1.74. The number of halogens is 3. The van der Waals surface area contributed by atoms with Gasteiger partial charge in [-0.25, -0.2) is 0 Å². The van der Waals surface area contributed by atoms with Crippen molar-refractivity contribution in [2.45, 2.75) is 13.0 Å². The van der Waals surface area contributed by atoms with Gasteiger partial charge in [0.25, 0.3) is 5.56 Å². The second-order valence-electron chi connectivity index (χ2n) is 8.34. The van der Waals surface area contributed by atoms with Crippen LogP contribution in [-0.4, -0.2) is 14.7 Å². The third-order valence-corrected chi connectivity index (χ3v) is 7.14. The molecule has 37 heavy (non-hydrogen) atoms. The Hall–Kier alpha value is -3.29. The van der Waals surface area contributed by atoms with Crippen LogP contribution in [0.25, 0.3) is 16.5 Å². The number of nitrogens with zero attached hydrogens (tertiary/aromatic N) is 1. The van der Waals surface area contributed by atoms with Gasteiger partial charge in [0.05, 0.1) is 11.3 Å². The molecule has 1 aromatic heterocycles. The molecule has 0 saturated heterocycles. The van der Waals surface area contributed by atoms with Crippen LogP contribution in [0.1, 0.15) is 16.7 Å². The molecule has 5 nitrogen and oxygen atoms in total. The minimum atomic E-state index is -0.479. The van der Waals surface area contributed by atoms with Gasteiger partial charge in [0.2, 0.25) is 5.88 Å². The molecule has 0 saturated carbocycles. The second kappa shape index (κ2) is 10.6. The molecule has 0 amide bonds. The van der Waals surface area contributed by atoms with E-state index in [4.69, 9.17) is 51.8 Å². The van der Waals surface area contributed by atoms with Gasteiger partial charge in [-0.15, -0.1) is 0 Å². The molecule has 0 atom stereocenters. The zero-order valence-electron chi connectivity index (χ0n) is 19.2. The van der Waals surface area contributed by atoms with Crippen molar-refractivity contribution in [3.8, 4) is 17.3 Å². The maximum Gasteiger partial charge on any atom is 0.259 e. The topological polar surface area (TPSA) is 67.2 Å². The lowest BCUT2D eigenvalue weighted by Crippen LogP contribution is -2.19. The van der Waals surface area contributed by atoms with Crippen molar-refractivity contribution in [1.29, 1.82) is 0 Å². The summed E-state index contributed by atoms with van der Waals surface area (Å²) >= 11 is 23.7. The fraction of sp³-hybridized carbons (Fsp3) is 0.0714. The van der Waals surface area contributed by atoms with Gasteiger partial charge in [0.1, 0.15) is 12.4 Å². The first-order valence-corrected chi connectivity index (χ1v) is 12.8. The van der Waals surface area contributed by atoms with Crippen LogP contribution in [0.3, 0.4) is 0 Å². The Morgan fingerprint density at radius 1 is 0.892 bits per heavy atom. The molecule has 5 aromatic rings. The number of fused-ring (bicyclic) bond motifs is 1. The maximum absolute atomic E-state index is 13.0. The average molecular weight is 570 g/mol. The van der Waals surface area contributed by atoms with E-state index in [1.165, 1.54) is 4.57 Å². The first-order valence-electron chi connectivity index (χ1n) is 11.2. The number of hydrogen-bond acceptors (Lipinski definition) is 4. The molecule has 0 radical (unpaired) electrons. The Kier molecular flexibility index (Phi) is 7.26. The van der Waals surface area contributed by atoms with E-state index in [0.29, 0.717) is 26.5 Å². The third kappa shape index (κ3) is 5.24. The van der Waals surface area contributed by atoms with Crippen LogP contribution in [0, 0.1) is 4.77 Å². The van der Waals surface area contributed by atoms with E-state index in [9.17, 15) is 9.90 Å². The molecule has 5 rings (SSSR count). The number of aromatic amines is 1. The van der Waals surface area contributed by atoms with E-state index < -0.39 is 5.56 Å². The van der Waals surface area contributed by atoms with Crippen molar-refractivity contribution in [2.24, 2.45) is 0 Å². The highest BCUT2D eigenvalue weighted by Crippen LogP contribution is 2.33. The van der Waals surface area contributed by atoms with E-state index in [1.54, 1.807) is 42.5 Å². The quantitative estimate of drug-likeness (QED) is 0.204. The fourth-order valence-corrected chi connectivity index (χ4v) is 5.03. The molecule has 186 valence electrons. The number of aromatic hydroxyl groups is 1. The van der Waals surface area contributed by atoms with Crippen LogP contribution in [0.5, 0.6) is 11.6 Å². The molecule has 0 fully saturated rings. The summed E-state index contributed by atoms with van der Waals surface area (Å²) in [4.78, 5) is 15.7. The monoisotopic (exact) mass is 568 g/mol. The maximum atomic E-state index is 13.0. The van der Waals surface area contributed by atoms with Gasteiger partial charge in [0, 0.05) is 32.6 Å². The van der Waals surface area contributed by atoms with Gasteiger partial charge in [-0.1, -0.05) is 71.2 Å². The summed E-state index contributed by atoms with van der Waals surface area (Å²) in [6.45, 7) is 0.194. The van der Waals surface area contributed by atoms with Crippen LogP contribution >= 0.6 is 47.0 Å². The van der Waals surface area contributed by atoms with Crippen molar-refractivity contribution in [2.75, 3.05) is 0 Å². The zero-order chi connectivity index (χ0) is 26.1. The van der Waals surface area contributed by atoms with Gasteiger partial charge < -0.3 is 9.84 Å². The van der Waals surface area contributed by atoms with E-state index in [0.717, 1.165) is 21.9 Å². The lowest BCUT2D eigenvalue weighted by Gasteiger charge is -2.17. The number of rotatable bonds is 6. The van der Waals surface area contributed by atoms with Crippen LogP contribution in [0.15, 0.2) is 83.7 Å².